The highest BCUT2D eigenvalue weighted by Gasteiger charge is 2.46. The van der Waals surface area contributed by atoms with Gasteiger partial charge in [-0.2, -0.15) is 0 Å². The molecule has 0 aliphatic heterocycles. The molecule has 5 N–H and O–H groups in total. The van der Waals surface area contributed by atoms with Crippen LogP contribution in [0.2, 0.25) is 0 Å². The van der Waals surface area contributed by atoms with Crippen LogP contribution in [-0.4, -0.2) is 36.5 Å². The number of primary amides is 1. The van der Waals surface area contributed by atoms with Crippen molar-refractivity contribution in [2.75, 3.05) is 7.05 Å². The molecule has 0 aliphatic rings. The fourth-order valence-corrected chi connectivity index (χ4v) is 3.32. The van der Waals surface area contributed by atoms with Crippen molar-refractivity contribution in [1.29, 1.82) is 0 Å². The van der Waals surface area contributed by atoms with Crippen LogP contribution in [0, 0.1) is 0 Å². The van der Waals surface area contributed by atoms with E-state index in [1.165, 1.54) is 0 Å². The van der Waals surface area contributed by atoms with Gasteiger partial charge < -0.3 is 21.7 Å². The van der Waals surface area contributed by atoms with Gasteiger partial charge in [0.15, 0.2) is 0 Å². The molecule has 0 bridgehead atoms. The number of nitrogens with two attached hydrogens (primary N) is 1. The van der Waals surface area contributed by atoms with Crippen LogP contribution in [0.4, 0.5) is 0 Å². The highest BCUT2D eigenvalue weighted by atomic mass is 16.2. The summed E-state index contributed by atoms with van der Waals surface area (Å²) in [6.45, 7) is 5.77. The van der Waals surface area contributed by atoms with E-state index in [9.17, 15) is 14.4 Å². The molecule has 0 spiro atoms. The Morgan fingerprint density at radius 2 is 1.64 bits per heavy atom. The largest absolute Gasteiger partial charge is 0.366 e. The molecule has 0 aromatic heterocycles. The predicted octanol–water partition coefficient (Wildman–Crippen LogP) is 1.78. The molecule has 0 radical (unpaired) electrons. The summed E-state index contributed by atoms with van der Waals surface area (Å²) >= 11 is 0. The normalized spacial score (nSPS) is 15.1. The Hall–Kier alpha value is -2.41. The third kappa shape index (κ3) is 6.34. The van der Waals surface area contributed by atoms with Gasteiger partial charge in [-0.05, 0) is 31.4 Å². The molecule has 1 aromatic rings. The van der Waals surface area contributed by atoms with Crippen molar-refractivity contribution in [2.45, 2.75) is 70.5 Å². The standard InChI is InChI=1S/C21H34N4O3/c1-5-10-17(23-4)21(20(22)28,24-18(26)11-6-2)25-19(27)14-15(3)16-12-8-7-9-13-16/h7-9,12-13,15,17,23H,5-6,10-11,14H2,1-4H3,(H2,22,28)(H,24,26)(H,25,27). The van der Waals surface area contributed by atoms with Gasteiger partial charge in [0.05, 0.1) is 6.04 Å². The summed E-state index contributed by atoms with van der Waals surface area (Å²) in [6.07, 6.45) is 2.34. The lowest BCUT2D eigenvalue weighted by molar-refractivity contribution is -0.139. The first-order valence-corrected chi connectivity index (χ1v) is 9.94. The van der Waals surface area contributed by atoms with E-state index in [-0.39, 0.29) is 30.6 Å². The zero-order valence-electron chi connectivity index (χ0n) is 17.4. The first-order chi connectivity index (χ1) is 13.3. The molecule has 3 atom stereocenters. The van der Waals surface area contributed by atoms with Gasteiger partial charge in [0.25, 0.3) is 5.91 Å². The molecule has 3 unspecified atom stereocenters. The van der Waals surface area contributed by atoms with Crippen molar-refractivity contribution < 1.29 is 14.4 Å². The van der Waals surface area contributed by atoms with Gasteiger partial charge in [-0.1, -0.05) is 57.5 Å². The lowest BCUT2D eigenvalue weighted by atomic mass is 9.92. The fourth-order valence-electron chi connectivity index (χ4n) is 3.32. The van der Waals surface area contributed by atoms with Crippen LogP contribution in [0.3, 0.4) is 0 Å². The number of carbonyl (C=O) groups excluding carboxylic acids is 3. The van der Waals surface area contributed by atoms with Gasteiger partial charge in [0, 0.05) is 12.8 Å². The number of hydrogen-bond acceptors (Lipinski definition) is 4. The van der Waals surface area contributed by atoms with Gasteiger partial charge >= 0.3 is 0 Å². The van der Waals surface area contributed by atoms with Crippen LogP contribution in [0.25, 0.3) is 0 Å². The summed E-state index contributed by atoms with van der Waals surface area (Å²) in [6, 6.07) is 9.14. The van der Waals surface area contributed by atoms with E-state index in [0.29, 0.717) is 12.8 Å². The molecular weight excluding hydrogens is 356 g/mol. The molecule has 0 fully saturated rings. The van der Waals surface area contributed by atoms with Gasteiger partial charge in [-0.25, -0.2) is 0 Å². The number of rotatable bonds is 12. The van der Waals surface area contributed by atoms with E-state index in [1.54, 1.807) is 7.05 Å². The van der Waals surface area contributed by atoms with E-state index in [1.807, 2.05) is 51.1 Å². The number of amides is 3. The first kappa shape index (κ1) is 23.6. The molecule has 7 nitrogen and oxygen atoms in total. The van der Waals surface area contributed by atoms with E-state index < -0.39 is 17.6 Å². The average Bonchev–Trinajstić information content (AvgIpc) is 2.66. The number of nitrogens with one attached hydrogen (secondary N) is 3. The van der Waals surface area contributed by atoms with E-state index in [4.69, 9.17) is 5.73 Å². The second kappa shape index (κ2) is 11.4. The topological polar surface area (TPSA) is 113 Å². The Morgan fingerprint density at radius 3 is 2.14 bits per heavy atom. The second-order valence-electron chi connectivity index (χ2n) is 7.16. The van der Waals surface area contributed by atoms with Gasteiger partial charge in [-0.3, -0.25) is 14.4 Å². The van der Waals surface area contributed by atoms with Crippen LogP contribution in [0.5, 0.6) is 0 Å². The summed E-state index contributed by atoms with van der Waals surface area (Å²) in [4.78, 5) is 37.6. The van der Waals surface area contributed by atoms with Crippen molar-refractivity contribution in [2.24, 2.45) is 5.73 Å². The third-order valence-corrected chi connectivity index (χ3v) is 4.85. The van der Waals surface area contributed by atoms with Crippen LogP contribution >= 0.6 is 0 Å². The monoisotopic (exact) mass is 390 g/mol. The van der Waals surface area contributed by atoms with Crippen molar-refractivity contribution in [3.05, 3.63) is 35.9 Å². The Morgan fingerprint density at radius 1 is 1.04 bits per heavy atom. The molecule has 7 heteroatoms. The molecule has 0 saturated heterocycles. The summed E-state index contributed by atoms with van der Waals surface area (Å²) in [5.74, 6) is -1.50. The Labute approximate surface area is 167 Å². The van der Waals surface area contributed by atoms with Gasteiger partial charge in [-0.15, -0.1) is 0 Å². The SMILES string of the molecule is CCCC(=O)NC(NC(=O)CC(C)c1ccccc1)(C(N)=O)C(CCC)NC. The Bertz CT molecular complexity index is 650. The fraction of sp³-hybridized carbons (Fsp3) is 0.571. The molecule has 0 saturated carbocycles. The summed E-state index contributed by atoms with van der Waals surface area (Å²) < 4.78 is 0. The molecule has 0 aliphatic carbocycles. The maximum absolute atomic E-state index is 12.8. The third-order valence-electron chi connectivity index (χ3n) is 4.85. The molecule has 3 amide bonds. The maximum atomic E-state index is 12.8. The average molecular weight is 391 g/mol. The first-order valence-electron chi connectivity index (χ1n) is 9.94. The van der Waals surface area contributed by atoms with E-state index in [0.717, 1.165) is 12.0 Å². The molecular formula is C21H34N4O3. The minimum absolute atomic E-state index is 0.0441. The molecule has 1 aromatic carbocycles. The van der Waals surface area contributed by atoms with Gasteiger partial charge in [0.2, 0.25) is 17.5 Å². The second-order valence-corrected chi connectivity index (χ2v) is 7.16. The highest BCUT2D eigenvalue weighted by molar-refractivity contribution is 5.95. The van der Waals surface area contributed by atoms with Crippen LogP contribution in [0.1, 0.15) is 64.4 Å². The van der Waals surface area contributed by atoms with Gasteiger partial charge in [0.1, 0.15) is 0 Å². The number of hydrogen-bond donors (Lipinski definition) is 4. The maximum Gasteiger partial charge on any atom is 0.265 e. The van der Waals surface area contributed by atoms with E-state index >= 15 is 0 Å². The minimum Gasteiger partial charge on any atom is -0.366 e. The number of likely N-dealkylation sites (N-methyl/N-ethyl adjacent to an activating group) is 1. The number of benzene rings is 1. The van der Waals surface area contributed by atoms with Crippen molar-refractivity contribution >= 4 is 17.7 Å². The summed E-state index contributed by atoms with van der Waals surface area (Å²) in [5, 5.41) is 8.48. The van der Waals surface area contributed by atoms with Crippen molar-refractivity contribution in [1.82, 2.24) is 16.0 Å². The summed E-state index contributed by atoms with van der Waals surface area (Å²) in [5.41, 5.74) is 5.05. The smallest absolute Gasteiger partial charge is 0.265 e. The van der Waals surface area contributed by atoms with Crippen molar-refractivity contribution in [3.8, 4) is 0 Å². The quantitative estimate of drug-likeness (QED) is 0.407. The molecule has 156 valence electrons. The Kier molecular flexibility index (Phi) is 9.65. The minimum atomic E-state index is -1.68. The lowest BCUT2D eigenvalue weighted by Gasteiger charge is -2.39. The number of carbonyl (C=O) groups is 3. The highest BCUT2D eigenvalue weighted by Crippen LogP contribution is 2.20. The zero-order chi connectivity index (χ0) is 21.2. The summed E-state index contributed by atoms with van der Waals surface area (Å²) in [7, 11) is 1.68. The van der Waals surface area contributed by atoms with Crippen LogP contribution in [-0.2, 0) is 14.4 Å². The lowest BCUT2D eigenvalue weighted by Crippen LogP contribution is -2.75. The van der Waals surface area contributed by atoms with E-state index in [2.05, 4.69) is 16.0 Å². The predicted molar refractivity (Wildman–Crippen MR) is 110 cm³/mol. The molecule has 1 rings (SSSR count). The molecule has 28 heavy (non-hydrogen) atoms. The van der Waals surface area contributed by atoms with Crippen LogP contribution in [0.15, 0.2) is 30.3 Å². The molecule has 0 heterocycles. The Balaban J connectivity index is 3.09. The van der Waals surface area contributed by atoms with Crippen LogP contribution < -0.4 is 21.7 Å². The van der Waals surface area contributed by atoms with Crippen molar-refractivity contribution in [3.63, 3.8) is 0 Å². The zero-order valence-corrected chi connectivity index (χ0v) is 17.4.